The van der Waals surface area contributed by atoms with Gasteiger partial charge in [-0.1, -0.05) is 38.5 Å². The number of hydrogen-bond donors (Lipinski definition) is 0. The van der Waals surface area contributed by atoms with Crippen LogP contribution in [0, 0.1) is 18.3 Å². The third-order valence-electron chi connectivity index (χ3n) is 4.19. The Labute approximate surface area is 117 Å². The van der Waals surface area contributed by atoms with Crippen LogP contribution >= 0.6 is 11.8 Å². The summed E-state index contributed by atoms with van der Waals surface area (Å²) in [6, 6.07) is 8.94. The molecule has 0 atom stereocenters. The first kappa shape index (κ1) is 14.0. The molecule has 0 radical (unpaired) electrons. The maximum atomic E-state index is 2.39. The van der Waals surface area contributed by atoms with Crippen molar-refractivity contribution < 1.29 is 0 Å². The van der Waals surface area contributed by atoms with E-state index in [-0.39, 0.29) is 0 Å². The van der Waals surface area contributed by atoms with Gasteiger partial charge in [-0.3, -0.25) is 0 Å². The van der Waals surface area contributed by atoms with Gasteiger partial charge in [0.05, 0.1) is 0 Å². The molecule has 1 fully saturated rings. The predicted octanol–water partition coefficient (Wildman–Crippen LogP) is 5.69. The molecule has 0 aliphatic heterocycles. The molecular weight excluding hydrogens is 236 g/mol. The van der Waals surface area contributed by atoms with E-state index < -0.39 is 0 Å². The summed E-state index contributed by atoms with van der Waals surface area (Å²) in [5.74, 6) is 0.923. The molecule has 18 heavy (non-hydrogen) atoms. The molecule has 1 aromatic rings. The molecule has 0 aromatic heterocycles. The highest BCUT2D eigenvalue weighted by Gasteiger charge is 2.29. The minimum atomic E-state index is 0.499. The summed E-state index contributed by atoms with van der Waals surface area (Å²) < 4.78 is 0. The monoisotopic (exact) mass is 262 g/mol. The highest BCUT2D eigenvalue weighted by Crippen LogP contribution is 2.42. The van der Waals surface area contributed by atoms with Crippen LogP contribution in [-0.4, -0.2) is 5.25 Å². The Bertz CT molecular complexity index is 381. The summed E-state index contributed by atoms with van der Waals surface area (Å²) in [6.07, 6.45) is 5.60. The van der Waals surface area contributed by atoms with E-state index in [1.54, 1.807) is 0 Å². The standard InChI is InChI=1S/C17H26S/c1-13-6-5-7-16(12-13)18-15-10-8-14(9-11-15)17(2,3)4/h5-7,12,14-15H,8-11H2,1-4H3. The molecule has 0 amide bonds. The highest BCUT2D eigenvalue weighted by atomic mass is 32.2. The zero-order valence-electron chi connectivity index (χ0n) is 12.2. The molecule has 1 aromatic carbocycles. The van der Waals surface area contributed by atoms with Crippen LogP contribution in [-0.2, 0) is 0 Å². The van der Waals surface area contributed by atoms with Crippen molar-refractivity contribution in [1.82, 2.24) is 0 Å². The second kappa shape index (κ2) is 5.69. The van der Waals surface area contributed by atoms with Gasteiger partial charge in [0.1, 0.15) is 0 Å². The van der Waals surface area contributed by atoms with E-state index in [1.165, 1.54) is 36.1 Å². The van der Waals surface area contributed by atoms with Crippen molar-refractivity contribution in [1.29, 1.82) is 0 Å². The van der Waals surface area contributed by atoms with Gasteiger partial charge < -0.3 is 0 Å². The van der Waals surface area contributed by atoms with E-state index in [9.17, 15) is 0 Å². The Morgan fingerprint density at radius 3 is 2.28 bits per heavy atom. The van der Waals surface area contributed by atoms with E-state index in [0.29, 0.717) is 5.41 Å². The van der Waals surface area contributed by atoms with Crippen molar-refractivity contribution in [2.45, 2.75) is 63.5 Å². The normalized spacial score (nSPS) is 25.1. The van der Waals surface area contributed by atoms with Gasteiger partial charge in [0.2, 0.25) is 0 Å². The predicted molar refractivity (Wildman–Crippen MR) is 82.2 cm³/mol. The number of aryl methyl sites for hydroxylation is 1. The maximum Gasteiger partial charge on any atom is 0.00946 e. The van der Waals surface area contributed by atoms with Gasteiger partial charge in [0.15, 0.2) is 0 Å². The van der Waals surface area contributed by atoms with Gasteiger partial charge in [-0.25, -0.2) is 0 Å². The zero-order valence-corrected chi connectivity index (χ0v) is 13.0. The molecule has 1 heteroatoms. The zero-order chi connectivity index (χ0) is 13.2. The number of thioether (sulfide) groups is 1. The minimum absolute atomic E-state index is 0.499. The maximum absolute atomic E-state index is 2.39. The van der Waals surface area contributed by atoms with Crippen LogP contribution in [0.2, 0.25) is 0 Å². The van der Waals surface area contributed by atoms with Crippen molar-refractivity contribution in [3.63, 3.8) is 0 Å². The molecule has 2 rings (SSSR count). The fraction of sp³-hybridized carbons (Fsp3) is 0.647. The molecule has 1 aliphatic carbocycles. The van der Waals surface area contributed by atoms with Crippen molar-refractivity contribution >= 4 is 11.8 Å². The SMILES string of the molecule is Cc1cccc(SC2CCC(C(C)(C)C)CC2)c1. The Balaban J connectivity index is 1.87. The Hall–Kier alpha value is -0.430. The van der Waals surface area contributed by atoms with E-state index in [4.69, 9.17) is 0 Å². The topological polar surface area (TPSA) is 0 Å². The molecule has 0 bridgehead atoms. The van der Waals surface area contributed by atoms with Gasteiger partial charge in [-0.15, -0.1) is 11.8 Å². The second-order valence-electron chi connectivity index (χ2n) is 6.77. The van der Waals surface area contributed by atoms with E-state index in [1.807, 2.05) is 0 Å². The van der Waals surface area contributed by atoms with Crippen LogP contribution in [0.15, 0.2) is 29.2 Å². The molecule has 0 N–H and O–H groups in total. The fourth-order valence-electron chi connectivity index (χ4n) is 2.93. The Morgan fingerprint density at radius 2 is 1.72 bits per heavy atom. The van der Waals surface area contributed by atoms with E-state index in [2.05, 4.69) is 63.7 Å². The van der Waals surface area contributed by atoms with Crippen molar-refractivity contribution in [3.05, 3.63) is 29.8 Å². The Morgan fingerprint density at radius 1 is 1.06 bits per heavy atom. The third kappa shape index (κ3) is 3.78. The molecule has 1 saturated carbocycles. The van der Waals surface area contributed by atoms with Crippen LogP contribution in [0.25, 0.3) is 0 Å². The lowest BCUT2D eigenvalue weighted by atomic mass is 9.72. The van der Waals surface area contributed by atoms with Crippen LogP contribution in [0.5, 0.6) is 0 Å². The van der Waals surface area contributed by atoms with Gasteiger partial charge in [-0.2, -0.15) is 0 Å². The molecule has 0 nitrogen and oxygen atoms in total. The molecule has 1 aliphatic rings. The van der Waals surface area contributed by atoms with Gasteiger partial charge >= 0.3 is 0 Å². The van der Waals surface area contributed by atoms with Crippen molar-refractivity contribution in [2.24, 2.45) is 11.3 Å². The lowest BCUT2D eigenvalue weighted by Gasteiger charge is -2.36. The summed E-state index contributed by atoms with van der Waals surface area (Å²) >= 11 is 2.09. The fourth-order valence-corrected chi connectivity index (χ4v) is 4.23. The van der Waals surface area contributed by atoms with E-state index in [0.717, 1.165) is 11.2 Å². The summed E-state index contributed by atoms with van der Waals surface area (Å²) in [5.41, 5.74) is 1.88. The summed E-state index contributed by atoms with van der Waals surface area (Å²) in [5, 5.41) is 0.838. The number of rotatable bonds is 2. The quantitative estimate of drug-likeness (QED) is 0.659. The van der Waals surface area contributed by atoms with Crippen LogP contribution in [0.4, 0.5) is 0 Å². The highest BCUT2D eigenvalue weighted by molar-refractivity contribution is 8.00. The second-order valence-corrected chi connectivity index (χ2v) is 8.15. The van der Waals surface area contributed by atoms with E-state index >= 15 is 0 Å². The average Bonchev–Trinajstić information content (AvgIpc) is 2.28. The average molecular weight is 262 g/mol. The molecule has 0 saturated heterocycles. The van der Waals surface area contributed by atoms with Crippen LogP contribution < -0.4 is 0 Å². The van der Waals surface area contributed by atoms with Crippen LogP contribution in [0.3, 0.4) is 0 Å². The lowest BCUT2D eigenvalue weighted by molar-refractivity contribution is 0.182. The molecule has 0 unspecified atom stereocenters. The third-order valence-corrected chi connectivity index (χ3v) is 5.52. The summed E-state index contributed by atoms with van der Waals surface area (Å²) in [7, 11) is 0. The summed E-state index contributed by atoms with van der Waals surface area (Å²) in [4.78, 5) is 1.45. The largest absolute Gasteiger partial charge is 0.123 e. The molecule has 0 spiro atoms. The first-order valence-corrected chi connectivity index (χ1v) is 8.06. The first-order chi connectivity index (χ1) is 8.45. The Kier molecular flexibility index (Phi) is 4.42. The number of hydrogen-bond acceptors (Lipinski definition) is 1. The van der Waals surface area contributed by atoms with Gasteiger partial charge in [0, 0.05) is 10.1 Å². The van der Waals surface area contributed by atoms with Crippen molar-refractivity contribution in [2.75, 3.05) is 0 Å². The van der Waals surface area contributed by atoms with Gasteiger partial charge in [0.25, 0.3) is 0 Å². The molecule has 0 heterocycles. The molecular formula is C17H26S. The number of benzene rings is 1. The van der Waals surface area contributed by atoms with Gasteiger partial charge in [-0.05, 0) is 56.1 Å². The smallest absolute Gasteiger partial charge is 0.00946 e. The molecule has 100 valence electrons. The lowest BCUT2D eigenvalue weighted by Crippen LogP contribution is -2.26. The summed E-state index contributed by atoms with van der Waals surface area (Å²) in [6.45, 7) is 9.36. The van der Waals surface area contributed by atoms with Crippen LogP contribution in [0.1, 0.15) is 52.0 Å². The van der Waals surface area contributed by atoms with Crippen molar-refractivity contribution in [3.8, 4) is 0 Å². The minimum Gasteiger partial charge on any atom is -0.123 e. The first-order valence-electron chi connectivity index (χ1n) is 7.18.